The number of anilines is 1. The molecular formula is C14H15ClFNO. The lowest BCUT2D eigenvalue weighted by molar-refractivity contribution is 0.494. The number of nitrogens with one attached hydrogen (secondary N) is 1. The van der Waals surface area contributed by atoms with Crippen LogP contribution in [0.5, 0.6) is 0 Å². The molecule has 0 saturated heterocycles. The summed E-state index contributed by atoms with van der Waals surface area (Å²) in [6.07, 6.45) is 3.36. The van der Waals surface area contributed by atoms with E-state index in [2.05, 4.69) is 5.32 Å². The van der Waals surface area contributed by atoms with Gasteiger partial charge in [-0.3, -0.25) is 0 Å². The molecule has 1 N–H and O–H groups in total. The van der Waals surface area contributed by atoms with Crippen LogP contribution < -0.4 is 5.32 Å². The van der Waals surface area contributed by atoms with Gasteiger partial charge in [0.15, 0.2) is 0 Å². The number of rotatable bonds is 5. The van der Waals surface area contributed by atoms with Crippen LogP contribution in [0.3, 0.4) is 0 Å². The number of furan rings is 1. The summed E-state index contributed by atoms with van der Waals surface area (Å²) < 4.78 is 18.8. The summed E-state index contributed by atoms with van der Waals surface area (Å²) in [6, 6.07) is 8.60. The molecule has 1 aromatic heterocycles. The van der Waals surface area contributed by atoms with E-state index >= 15 is 0 Å². The monoisotopic (exact) mass is 267 g/mol. The van der Waals surface area contributed by atoms with Crippen LogP contribution in [0.4, 0.5) is 10.1 Å². The fourth-order valence-electron chi connectivity index (χ4n) is 1.76. The molecule has 0 radical (unpaired) electrons. The zero-order chi connectivity index (χ0) is 13.0. The highest BCUT2D eigenvalue weighted by molar-refractivity contribution is 6.30. The molecule has 0 fully saturated rings. The Hall–Kier alpha value is -1.48. The lowest BCUT2D eigenvalue weighted by Gasteiger charge is -2.15. The van der Waals surface area contributed by atoms with E-state index in [1.807, 2.05) is 19.1 Å². The van der Waals surface area contributed by atoms with Gasteiger partial charge in [-0.05, 0) is 43.7 Å². The Morgan fingerprint density at radius 1 is 1.39 bits per heavy atom. The van der Waals surface area contributed by atoms with Gasteiger partial charge in [0, 0.05) is 17.5 Å². The van der Waals surface area contributed by atoms with Crippen molar-refractivity contribution in [2.24, 2.45) is 0 Å². The second-order valence-electron chi connectivity index (χ2n) is 4.29. The average Bonchev–Trinajstić information content (AvgIpc) is 2.83. The third-order valence-corrected chi connectivity index (χ3v) is 2.97. The Kier molecular flexibility index (Phi) is 4.26. The largest absolute Gasteiger partial charge is 0.469 e. The Morgan fingerprint density at radius 3 is 2.89 bits per heavy atom. The van der Waals surface area contributed by atoms with E-state index in [1.54, 1.807) is 18.4 Å². The van der Waals surface area contributed by atoms with Crippen molar-refractivity contribution in [1.82, 2.24) is 0 Å². The Labute approximate surface area is 111 Å². The third-order valence-electron chi connectivity index (χ3n) is 2.74. The molecular weight excluding hydrogens is 253 g/mol. The van der Waals surface area contributed by atoms with Crippen LogP contribution in [-0.4, -0.2) is 6.04 Å². The first-order chi connectivity index (χ1) is 8.65. The number of hydrogen-bond donors (Lipinski definition) is 1. The highest BCUT2D eigenvalue weighted by atomic mass is 35.5. The lowest BCUT2D eigenvalue weighted by Crippen LogP contribution is -2.16. The van der Waals surface area contributed by atoms with Gasteiger partial charge in [0.05, 0.1) is 12.0 Å². The van der Waals surface area contributed by atoms with E-state index in [1.165, 1.54) is 6.07 Å². The first-order valence-corrected chi connectivity index (χ1v) is 6.27. The van der Waals surface area contributed by atoms with Crippen LogP contribution >= 0.6 is 11.6 Å². The Morgan fingerprint density at radius 2 is 2.22 bits per heavy atom. The van der Waals surface area contributed by atoms with Gasteiger partial charge in [-0.2, -0.15) is 0 Å². The highest BCUT2D eigenvalue weighted by Crippen LogP contribution is 2.20. The third kappa shape index (κ3) is 3.50. The number of benzene rings is 1. The van der Waals surface area contributed by atoms with Gasteiger partial charge in [-0.25, -0.2) is 4.39 Å². The summed E-state index contributed by atoms with van der Waals surface area (Å²) >= 11 is 5.70. The predicted molar refractivity (Wildman–Crippen MR) is 71.5 cm³/mol. The summed E-state index contributed by atoms with van der Waals surface area (Å²) in [7, 11) is 0. The van der Waals surface area contributed by atoms with Crippen molar-refractivity contribution in [3.8, 4) is 0 Å². The van der Waals surface area contributed by atoms with E-state index in [0.29, 0.717) is 10.7 Å². The standard InChI is InChI=1S/C14H15ClFNO/c1-10(4-6-12-3-2-8-18-12)17-14-7-5-11(15)9-13(14)16/h2-3,5,7-10,17H,4,6H2,1H3. The molecule has 1 aromatic carbocycles. The van der Waals surface area contributed by atoms with Crippen molar-refractivity contribution in [3.05, 3.63) is 53.2 Å². The van der Waals surface area contributed by atoms with E-state index < -0.39 is 0 Å². The van der Waals surface area contributed by atoms with Crippen LogP contribution in [-0.2, 0) is 6.42 Å². The molecule has 96 valence electrons. The van der Waals surface area contributed by atoms with Gasteiger partial charge >= 0.3 is 0 Å². The Bertz CT molecular complexity index is 499. The zero-order valence-electron chi connectivity index (χ0n) is 10.1. The summed E-state index contributed by atoms with van der Waals surface area (Å²) in [4.78, 5) is 0. The molecule has 0 amide bonds. The van der Waals surface area contributed by atoms with E-state index in [-0.39, 0.29) is 11.9 Å². The average molecular weight is 268 g/mol. The number of halogens is 2. The molecule has 0 saturated carbocycles. The van der Waals surface area contributed by atoms with Crippen LogP contribution in [0.2, 0.25) is 5.02 Å². The fourth-order valence-corrected chi connectivity index (χ4v) is 1.92. The minimum atomic E-state index is -0.327. The normalized spacial score (nSPS) is 12.4. The molecule has 1 unspecified atom stereocenters. The van der Waals surface area contributed by atoms with Crippen molar-refractivity contribution in [3.63, 3.8) is 0 Å². The maximum atomic E-state index is 13.6. The van der Waals surface area contributed by atoms with Crippen LogP contribution in [0.15, 0.2) is 41.0 Å². The molecule has 0 aliphatic heterocycles. The molecule has 2 rings (SSSR count). The van der Waals surface area contributed by atoms with E-state index in [4.69, 9.17) is 16.0 Å². The molecule has 0 spiro atoms. The summed E-state index contributed by atoms with van der Waals surface area (Å²) in [6.45, 7) is 2.01. The minimum absolute atomic E-state index is 0.158. The van der Waals surface area contributed by atoms with Crippen molar-refractivity contribution < 1.29 is 8.81 Å². The van der Waals surface area contributed by atoms with Crippen LogP contribution in [0.1, 0.15) is 19.1 Å². The first-order valence-electron chi connectivity index (χ1n) is 5.89. The lowest BCUT2D eigenvalue weighted by atomic mass is 10.1. The van der Waals surface area contributed by atoms with Crippen molar-refractivity contribution in [2.45, 2.75) is 25.8 Å². The quantitative estimate of drug-likeness (QED) is 0.862. The SMILES string of the molecule is CC(CCc1ccco1)Nc1ccc(Cl)cc1F. The van der Waals surface area contributed by atoms with Crippen LogP contribution in [0, 0.1) is 5.82 Å². The summed E-state index contributed by atoms with van der Waals surface area (Å²) in [5.74, 6) is 0.618. The molecule has 1 atom stereocenters. The fraction of sp³-hybridized carbons (Fsp3) is 0.286. The van der Waals surface area contributed by atoms with Crippen molar-refractivity contribution in [1.29, 1.82) is 0 Å². The molecule has 4 heteroatoms. The molecule has 0 aliphatic rings. The second-order valence-corrected chi connectivity index (χ2v) is 4.72. The maximum absolute atomic E-state index is 13.6. The van der Waals surface area contributed by atoms with Gasteiger partial charge in [-0.1, -0.05) is 11.6 Å². The summed E-state index contributed by atoms with van der Waals surface area (Å²) in [5.41, 5.74) is 0.478. The molecule has 1 heterocycles. The smallest absolute Gasteiger partial charge is 0.147 e. The molecule has 18 heavy (non-hydrogen) atoms. The summed E-state index contributed by atoms with van der Waals surface area (Å²) in [5, 5.41) is 3.53. The highest BCUT2D eigenvalue weighted by Gasteiger charge is 2.08. The molecule has 2 nitrogen and oxygen atoms in total. The first kappa shape index (κ1) is 13.0. The van der Waals surface area contributed by atoms with Gasteiger partial charge in [0.25, 0.3) is 0 Å². The number of hydrogen-bond acceptors (Lipinski definition) is 2. The van der Waals surface area contributed by atoms with Crippen LogP contribution in [0.25, 0.3) is 0 Å². The van der Waals surface area contributed by atoms with Crippen molar-refractivity contribution >= 4 is 17.3 Å². The van der Waals surface area contributed by atoms with E-state index in [9.17, 15) is 4.39 Å². The van der Waals surface area contributed by atoms with Gasteiger partial charge in [-0.15, -0.1) is 0 Å². The molecule has 0 aliphatic carbocycles. The van der Waals surface area contributed by atoms with Gasteiger partial charge in [0.2, 0.25) is 0 Å². The molecule has 2 aromatic rings. The second kappa shape index (κ2) is 5.91. The minimum Gasteiger partial charge on any atom is -0.469 e. The molecule has 0 bridgehead atoms. The zero-order valence-corrected chi connectivity index (χ0v) is 10.9. The van der Waals surface area contributed by atoms with Crippen molar-refractivity contribution in [2.75, 3.05) is 5.32 Å². The maximum Gasteiger partial charge on any atom is 0.147 e. The van der Waals surface area contributed by atoms with Gasteiger partial charge in [0.1, 0.15) is 11.6 Å². The number of aryl methyl sites for hydroxylation is 1. The Balaban J connectivity index is 1.88. The van der Waals surface area contributed by atoms with Gasteiger partial charge < -0.3 is 9.73 Å². The topological polar surface area (TPSA) is 25.2 Å². The predicted octanol–water partition coefficient (Wildman–Crippen LogP) is 4.51. The van der Waals surface area contributed by atoms with E-state index in [0.717, 1.165) is 18.6 Å².